The summed E-state index contributed by atoms with van der Waals surface area (Å²) >= 11 is 0. The Morgan fingerprint density at radius 3 is 3.00 bits per heavy atom. The van der Waals surface area contributed by atoms with Crippen LogP contribution in [0.1, 0.15) is 12.2 Å². The molecule has 1 heterocycles. The number of hydrogen-bond acceptors (Lipinski definition) is 4. The maximum atomic E-state index is 11.3. The average Bonchev–Trinajstić information content (AvgIpc) is 2.63. The van der Waals surface area contributed by atoms with Crippen LogP contribution in [0.3, 0.4) is 0 Å². The molecule has 0 aromatic carbocycles. The van der Waals surface area contributed by atoms with Crippen LogP contribution in [0.25, 0.3) is 0 Å². The van der Waals surface area contributed by atoms with E-state index in [0.717, 1.165) is 0 Å². The molecule has 1 aromatic rings. The molecule has 0 aliphatic carbocycles. The van der Waals surface area contributed by atoms with Crippen LogP contribution in [-0.4, -0.2) is 30.7 Å². The van der Waals surface area contributed by atoms with E-state index in [2.05, 4.69) is 21.1 Å². The summed E-state index contributed by atoms with van der Waals surface area (Å²) in [5.41, 5.74) is 0. The molecule has 0 fully saturated rings. The largest absolute Gasteiger partial charge is 0.360 e. The Kier molecular flexibility index (Phi) is 4.84. The summed E-state index contributed by atoms with van der Waals surface area (Å²) < 4.78 is 4.78. The number of nitrogens with zero attached hydrogens (tertiary/aromatic N) is 1. The molecule has 7 nitrogen and oxygen atoms in total. The summed E-state index contributed by atoms with van der Waals surface area (Å²) in [6, 6.07) is 1.27. The van der Waals surface area contributed by atoms with Gasteiger partial charge in [0.05, 0.1) is 0 Å². The number of anilines is 1. The Morgan fingerprint density at radius 2 is 2.38 bits per heavy atom. The second kappa shape index (κ2) is 6.44. The lowest BCUT2D eigenvalue weighted by Gasteiger charge is -2.04. The van der Waals surface area contributed by atoms with Crippen LogP contribution in [0.5, 0.6) is 0 Å². The van der Waals surface area contributed by atoms with Gasteiger partial charge in [-0.2, -0.15) is 0 Å². The molecular weight excluding hydrogens is 212 g/mol. The second-order valence-electron chi connectivity index (χ2n) is 3.13. The molecule has 88 valence electrons. The summed E-state index contributed by atoms with van der Waals surface area (Å²) in [7, 11) is 0. The van der Waals surface area contributed by atoms with Crippen molar-refractivity contribution in [2.45, 2.75) is 13.3 Å². The second-order valence-corrected chi connectivity index (χ2v) is 3.13. The number of aromatic nitrogens is 1. The van der Waals surface area contributed by atoms with Gasteiger partial charge in [-0.1, -0.05) is 5.16 Å². The van der Waals surface area contributed by atoms with Gasteiger partial charge < -0.3 is 15.2 Å². The van der Waals surface area contributed by atoms with E-state index < -0.39 is 0 Å². The van der Waals surface area contributed by atoms with Gasteiger partial charge in [-0.3, -0.25) is 10.1 Å². The number of rotatable bonds is 6. The number of hydrogen-bond donors (Lipinski definition) is 3. The van der Waals surface area contributed by atoms with Gasteiger partial charge >= 0.3 is 6.03 Å². The highest BCUT2D eigenvalue weighted by Gasteiger charge is 2.04. The molecule has 1 rings (SSSR count). The predicted octanol–water partition coefficient (Wildman–Crippen LogP) is 0.241. The topological polar surface area (TPSA) is 96.3 Å². The first kappa shape index (κ1) is 12.0. The minimum atomic E-state index is -0.348. The van der Waals surface area contributed by atoms with E-state index in [9.17, 15) is 9.59 Å². The van der Waals surface area contributed by atoms with Crippen LogP contribution in [0, 0.1) is 6.92 Å². The third-order valence-electron chi connectivity index (χ3n) is 1.74. The van der Waals surface area contributed by atoms with E-state index in [0.29, 0.717) is 37.5 Å². The smallest absolute Gasteiger partial charge is 0.320 e. The zero-order valence-electron chi connectivity index (χ0n) is 8.95. The molecular formula is C9H14N4O3. The van der Waals surface area contributed by atoms with Gasteiger partial charge in [0, 0.05) is 19.2 Å². The van der Waals surface area contributed by atoms with Crippen LogP contribution in [-0.2, 0) is 4.79 Å². The Balaban J connectivity index is 2.14. The molecule has 0 radical (unpaired) electrons. The molecule has 0 saturated carbocycles. The van der Waals surface area contributed by atoms with Crippen molar-refractivity contribution < 1.29 is 14.1 Å². The lowest BCUT2D eigenvalue weighted by atomic mass is 10.4. The summed E-state index contributed by atoms with van der Waals surface area (Å²) in [6.45, 7) is 2.75. The van der Waals surface area contributed by atoms with Crippen molar-refractivity contribution >= 4 is 18.3 Å². The van der Waals surface area contributed by atoms with Crippen molar-refractivity contribution in [2.75, 3.05) is 18.4 Å². The van der Waals surface area contributed by atoms with Gasteiger partial charge in [-0.25, -0.2) is 4.79 Å². The fourth-order valence-electron chi connectivity index (χ4n) is 1.04. The maximum Gasteiger partial charge on any atom is 0.320 e. The number of nitrogens with one attached hydrogen (secondary N) is 3. The Labute approximate surface area is 92.6 Å². The Bertz CT molecular complexity index is 350. The number of aryl methyl sites for hydroxylation is 1. The molecule has 0 unspecified atom stereocenters. The minimum absolute atomic E-state index is 0.348. The third-order valence-corrected chi connectivity index (χ3v) is 1.74. The van der Waals surface area contributed by atoms with Crippen molar-refractivity contribution in [3.05, 3.63) is 11.8 Å². The molecule has 7 heteroatoms. The molecule has 0 aliphatic rings. The zero-order chi connectivity index (χ0) is 11.8. The molecule has 0 atom stereocenters. The van der Waals surface area contributed by atoms with Gasteiger partial charge in [0.1, 0.15) is 5.76 Å². The van der Waals surface area contributed by atoms with E-state index >= 15 is 0 Å². The number of urea groups is 1. The van der Waals surface area contributed by atoms with Crippen molar-refractivity contribution in [1.29, 1.82) is 0 Å². The molecule has 0 saturated heterocycles. The van der Waals surface area contributed by atoms with E-state index in [4.69, 9.17) is 4.52 Å². The van der Waals surface area contributed by atoms with E-state index in [1.54, 1.807) is 13.0 Å². The molecule has 3 N–H and O–H groups in total. The fourth-order valence-corrected chi connectivity index (χ4v) is 1.04. The van der Waals surface area contributed by atoms with Crippen molar-refractivity contribution in [2.24, 2.45) is 0 Å². The Morgan fingerprint density at radius 1 is 1.56 bits per heavy atom. The monoisotopic (exact) mass is 226 g/mol. The first-order valence-electron chi connectivity index (χ1n) is 4.87. The van der Waals surface area contributed by atoms with Gasteiger partial charge in [-0.05, 0) is 13.3 Å². The number of carbonyl (C=O) groups excluding carboxylic acids is 2. The molecule has 0 aliphatic heterocycles. The van der Waals surface area contributed by atoms with Crippen LogP contribution in [0.15, 0.2) is 10.6 Å². The average molecular weight is 226 g/mol. The summed E-state index contributed by atoms with van der Waals surface area (Å²) in [6.07, 6.45) is 1.29. The SMILES string of the molecule is Cc1cc(NC(=O)NCCCNC=O)no1. The molecule has 3 amide bonds. The summed E-state index contributed by atoms with van der Waals surface area (Å²) in [5, 5.41) is 11.2. The lowest BCUT2D eigenvalue weighted by molar-refractivity contribution is -0.109. The highest BCUT2D eigenvalue weighted by molar-refractivity contribution is 5.88. The first-order valence-corrected chi connectivity index (χ1v) is 4.87. The van der Waals surface area contributed by atoms with Crippen molar-refractivity contribution in [1.82, 2.24) is 15.8 Å². The van der Waals surface area contributed by atoms with E-state index in [1.165, 1.54) is 0 Å². The standard InChI is InChI=1S/C9H14N4O3/c1-7-5-8(13-16-7)12-9(15)11-4-2-3-10-6-14/h5-6H,2-4H2,1H3,(H,10,14)(H2,11,12,13,15). The van der Waals surface area contributed by atoms with Gasteiger partial charge in [0.25, 0.3) is 0 Å². The third kappa shape index (κ3) is 4.45. The van der Waals surface area contributed by atoms with Crippen LogP contribution >= 0.6 is 0 Å². The quantitative estimate of drug-likeness (QED) is 0.478. The normalized spacial score (nSPS) is 9.56. The molecule has 0 spiro atoms. The van der Waals surface area contributed by atoms with Crippen LogP contribution < -0.4 is 16.0 Å². The Hall–Kier alpha value is -2.05. The molecule has 1 aromatic heterocycles. The molecule has 0 bridgehead atoms. The van der Waals surface area contributed by atoms with Crippen molar-refractivity contribution in [3.8, 4) is 0 Å². The highest BCUT2D eigenvalue weighted by atomic mass is 16.5. The maximum absolute atomic E-state index is 11.3. The fraction of sp³-hybridized carbons (Fsp3) is 0.444. The van der Waals surface area contributed by atoms with Crippen molar-refractivity contribution in [3.63, 3.8) is 0 Å². The van der Waals surface area contributed by atoms with Gasteiger partial charge in [0.2, 0.25) is 6.41 Å². The molecule has 16 heavy (non-hydrogen) atoms. The minimum Gasteiger partial charge on any atom is -0.360 e. The zero-order valence-corrected chi connectivity index (χ0v) is 8.95. The predicted molar refractivity (Wildman–Crippen MR) is 56.9 cm³/mol. The van der Waals surface area contributed by atoms with Crippen LogP contribution in [0.2, 0.25) is 0 Å². The number of carbonyl (C=O) groups is 2. The van der Waals surface area contributed by atoms with E-state index in [1.807, 2.05) is 0 Å². The lowest BCUT2D eigenvalue weighted by Crippen LogP contribution is -2.31. The number of amides is 3. The van der Waals surface area contributed by atoms with Gasteiger partial charge in [-0.15, -0.1) is 0 Å². The summed E-state index contributed by atoms with van der Waals surface area (Å²) in [4.78, 5) is 21.2. The first-order chi connectivity index (χ1) is 7.72. The highest BCUT2D eigenvalue weighted by Crippen LogP contribution is 2.06. The van der Waals surface area contributed by atoms with Gasteiger partial charge in [0.15, 0.2) is 5.82 Å². The summed E-state index contributed by atoms with van der Waals surface area (Å²) in [5.74, 6) is 1.01. The van der Waals surface area contributed by atoms with Crippen LogP contribution in [0.4, 0.5) is 10.6 Å². The van der Waals surface area contributed by atoms with E-state index in [-0.39, 0.29) is 6.03 Å².